The fourth-order valence-corrected chi connectivity index (χ4v) is 3.24. The van der Waals surface area contributed by atoms with Gasteiger partial charge in [0.1, 0.15) is 0 Å². The Morgan fingerprint density at radius 2 is 1.94 bits per heavy atom. The van der Waals surface area contributed by atoms with Gasteiger partial charge in [0.05, 0.1) is 17.8 Å². The summed E-state index contributed by atoms with van der Waals surface area (Å²) in [6.45, 7) is 4.36. The Balaban J connectivity index is 1.78. The molecule has 4 rings (SSSR count). The first-order valence-electron chi connectivity index (χ1n) is 10.1. The van der Waals surface area contributed by atoms with Crippen LogP contribution in [0.3, 0.4) is 0 Å². The monoisotopic (exact) mass is 418 g/mol. The third-order valence-electron chi connectivity index (χ3n) is 4.94. The number of carbonyl (C=O) groups excluding carboxylic acids is 1. The number of nitrogens with one attached hydrogen (secondary N) is 1. The Morgan fingerprint density at radius 1 is 1.16 bits per heavy atom. The number of ether oxygens (including phenoxy) is 1. The van der Waals surface area contributed by atoms with E-state index < -0.39 is 17.3 Å². The second-order valence-corrected chi connectivity index (χ2v) is 7.28. The predicted molar refractivity (Wildman–Crippen MR) is 119 cm³/mol. The molecule has 4 aromatic rings. The highest BCUT2D eigenvalue weighted by atomic mass is 16.5. The molecule has 31 heavy (non-hydrogen) atoms. The summed E-state index contributed by atoms with van der Waals surface area (Å²) in [5.41, 5.74) is 2.00. The van der Waals surface area contributed by atoms with Crippen molar-refractivity contribution in [2.24, 2.45) is 0 Å². The second-order valence-electron chi connectivity index (χ2n) is 7.28. The fraction of sp³-hybridized carbons (Fsp3) is 0.217. The van der Waals surface area contributed by atoms with Gasteiger partial charge in [-0.1, -0.05) is 37.1 Å². The first kappa shape index (κ1) is 20.3. The van der Waals surface area contributed by atoms with E-state index in [9.17, 15) is 14.4 Å². The summed E-state index contributed by atoms with van der Waals surface area (Å²) in [6, 6.07) is 12.5. The molecule has 2 aromatic heterocycles. The number of hydrogen-bond donors (Lipinski definition) is 1. The maximum atomic E-state index is 12.9. The van der Waals surface area contributed by atoms with Crippen LogP contribution in [0.15, 0.2) is 58.1 Å². The number of aryl methyl sites for hydroxylation is 1. The molecule has 0 radical (unpaired) electrons. The van der Waals surface area contributed by atoms with E-state index in [0.717, 1.165) is 22.8 Å². The molecule has 0 saturated heterocycles. The van der Waals surface area contributed by atoms with Gasteiger partial charge in [0.2, 0.25) is 0 Å². The molecule has 2 aromatic carbocycles. The van der Waals surface area contributed by atoms with Crippen molar-refractivity contribution >= 4 is 28.6 Å². The van der Waals surface area contributed by atoms with Gasteiger partial charge in [0.15, 0.2) is 5.65 Å². The van der Waals surface area contributed by atoms with E-state index in [1.165, 1.54) is 10.8 Å². The van der Waals surface area contributed by atoms with Crippen molar-refractivity contribution in [1.82, 2.24) is 19.2 Å². The van der Waals surface area contributed by atoms with Crippen molar-refractivity contribution in [1.29, 1.82) is 0 Å². The van der Waals surface area contributed by atoms with Crippen molar-refractivity contribution in [2.75, 3.05) is 6.61 Å². The minimum atomic E-state index is -0.561. The normalized spacial score (nSPS) is 11.5. The molecular formula is C23H22N4O4. The zero-order chi connectivity index (χ0) is 22.0. The number of fused-ring (bicyclic) bond motifs is 3. The lowest BCUT2D eigenvalue weighted by atomic mass is 10.1. The maximum Gasteiger partial charge on any atom is 0.359 e. The van der Waals surface area contributed by atoms with Crippen LogP contribution in [0.5, 0.6) is 0 Å². The molecule has 0 aliphatic rings. The van der Waals surface area contributed by atoms with Crippen LogP contribution in [-0.2, 0) is 9.53 Å². The topological polar surface area (TPSA) is 98.5 Å². The van der Waals surface area contributed by atoms with E-state index in [-0.39, 0.29) is 5.65 Å². The SMILES string of the molecule is CCCCOC(=O)/C=C/c1ccc2[nH]c(=O)n3c(=O)n(-c4ccc(C)cc4)nc3c2c1. The lowest BCUT2D eigenvalue weighted by Gasteiger charge is -2.02. The van der Waals surface area contributed by atoms with Crippen molar-refractivity contribution in [2.45, 2.75) is 26.7 Å². The number of benzene rings is 2. The largest absolute Gasteiger partial charge is 0.463 e. The molecule has 0 saturated carbocycles. The molecule has 0 bridgehead atoms. The minimum absolute atomic E-state index is 0.241. The number of carbonyl (C=O) groups is 1. The van der Waals surface area contributed by atoms with Gasteiger partial charge in [0.25, 0.3) is 0 Å². The predicted octanol–water partition coefficient (Wildman–Crippen LogP) is 2.99. The van der Waals surface area contributed by atoms with Crippen LogP contribution in [0, 0.1) is 6.92 Å². The van der Waals surface area contributed by atoms with Crippen LogP contribution < -0.4 is 11.4 Å². The Hall–Kier alpha value is -3.94. The van der Waals surface area contributed by atoms with E-state index in [0.29, 0.717) is 28.8 Å². The summed E-state index contributed by atoms with van der Waals surface area (Å²) in [5, 5.41) is 5.01. The third-order valence-corrected chi connectivity index (χ3v) is 4.94. The Bertz CT molecular complexity index is 1410. The molecule has 0 aliphatic heterocycles. The highest BCUT2D eigenvalue weighted by molar-refractivity contribution is 5.94. The van der Waals surface area contributed by atoms with Gasteiger partial charge in [-0.05, 0) is 49.2 Å². The van der Waals surface area contributed by atoms with Crippen molar-refractivity contribution in [3.8, 4) is 5.69 Å². The molecule has 1 N–H and O–H groups in total. The summed E-state index contributed by atoms with van der Waals surface area (Å²) < 4.78 is 7.33. The van der Waals surface area contributed by atoms with Gasteiger partial charge in [-0.15, -0.1) is 5.10 Å². The van der Waals surface area contributed by atoms with Gasteiger partial charge in [0, 0.05) is 11.5 Å². The number of rotatable bonds is 6. The molecule has 0 atom stereocenters. The quantitative estimate of drug-likeness (QED) is 0.295. The number of unbranched alkanes of at least 4 members (excludes halogenated alkanes) is 1. The Labute approximate surface area is 177 Å². The number of aromatic nitrogens is 4. The third kappa shape index (κ3) is 4.05. The van der Waals surface area contributed by atoms with Crippen LogP contribution in [0.2, 0.25) is 0 Å². The Morgan fingerprint density at radius 3 is 2.68 bits per heavy atom. The second kappa shape index (κ2) is 8.43. The molecule has 2 heterocycles. The highest BCUT2D eigenvalue weighted by Gasteiger charge is 2.15. The molecule has 8 heteroatoms. The van der Waals surface area contributed by atoms with Crippen molar-refractivity contribution in [3.05, 3.63) is 80.6 Å². The summed E-state index contributed by atoms with van der Waals surface area (Å²) >= 11 is 0. The molecule has 0 aliphatic carbocycles. The fourth-order valence-electron chi connectivity index (χ4n) is 3.24. The molecule has 0 unspecified atom stereocenters. The lowest BCUT2D eigenvalue weighted by Crippen LogP contribution is -2.29. The zero-order valence-electron chi connectivity index (χ0n) is 17.3. The first-order chi connectivity index (χ1) is 15.0. The van der Waals surface area contributed by atoms with E-state index in [2.05, 4.69) is 10.1 Å². The summed E-state index contributed by atoms with van der Waals surface area (Å²) in [7, 11) is 0. The molecule has 8 nitrogen and oxygen atoms in total. The molecule has 0 amide bonds. The Kier molecular flexibility index (Phi) is 5.53. The first-order valence-corrected chi connectivity index (χ1v) is 10.1. The number of hydrogen-bond acceptors (Lipinski definition) is 5. The average molecular weight is 418 g/mol. The van der Waals surface area contributed by atoms with Crippen LogP contribution >= 0.6 is 0 Å². The average Bonchev–Trinajstić information content (AvgIpc) is 3.11. The summed E-state index contributed by atoms with van der Waals surface area (Å²) in [4.78, 5) is 39.9. The summed E-state index contributed by atoms with van der Waals surface area (Å²) in [6.07, 6.45) is 4.75. The lowest BCUT2D eigenvalue weighted by molar-refractivity contribution is -0.137. The standard InChI is InChI=1S/C23H22N4O4/c1-3-4-13-31-20(28)12-8-16-7-11-19-18(14-16)21-25-27(17-9-5-15(2)6-10-17)23(30)26(21)22(29)24-19/h5-12,14H,3-4,13H2,1-2H3,(H,24,29)/b12-8+. The minimum Gasteiger partial charge on any atom is -0.463 e. The molecular weight excluding hydrogens is 396 g/mol. The van der Waals surface area contributed by atoms with E-state index in [1.54, 1.807) is 36.4 Å². The zero-order valence-corrected chi connectivity index (χ0v) is 17.3. The molecule has 158 valence electrons. The van der Waals surface area contributed by atoms with Crippen LogP contribution in [-0.4, -0.2) is 31.7 Å². The van der Waals surface area contributed by atoms with Crippen LogP contribution in [0.1, 0.15) is 30.9 Å². The highest BCUT2D eigenvalue weighted by Crippen LogP contribution is 2.18. The van der Waals surface area contributed by atoms with E-state index >= 15 is 0 Å². The summed E-state index contributed by atoms with van der Waals surface area (Å²) in [5.74, 6) is -0.417. The van der Waals surface area contributed by atoms with Crippen LogP contribution in [0.4, 0.5) is 0 Å². The van der Waals surface area contributed by atoms with Gasteiger partial charge in [-0.3, -0.25) is 0 Å². The molecule has 0 fully saturated rings. The van der Waals surface area contributed by atoms with Gasteiger partial charge >= 0.3 is 17.3 Å². The van der Waals surface area contributed by atoms with Crippen molar-refractivity contribution in [3.63, 3.8) is 0 Å². The number of esters is 1. The smallest absolute Gasteiger partial charge is 0.359 e. The number of nitrogens with zero attached hydrogens (tertiary/aromatic N) is 3. The van der Waals surface area contributed by atoms with Crippen LogP contribution in [0.25, 0.3) is 28.3 Å². The van der Waals surface area contributed by atoms with Gasteiger partial charge in [-0.2, -0.15) is 9.08 Å². The van der Waals surface area contributed by atoms with E-state index in [1.807, 2.05) is 26.0 Å². The number of aromatic amines is 1. The number of H-pyrrole nitrogens is 1. The van der Waals surface area contributed by atoms with E-state index in [4.69, 9.17) is 4.74 Å². The van der Waals surface area contributed by atoms with Gasteiger partial charge in [-0.25, -0.2) is 14.4 Å². The van der Waals surface area contributed by atoms with Gasteiger partial charge < -0.3 is 9.72 Å². The molecule has 0 spiro atoms. The maximum absolute atomic E-state index is 12.9. The van der Waals surface area contributed by atoms with Crippen molar-refractivity contribution < 1.29 is 9.53 Å².